The third-order valence-electron chi connectivity index (χ3n) is 3.89. The maximum absolute atomic E-state index is 12.2. The van der Waals surface area contributed by atoms with Crippen LogP contribution in [0.5, 0.6) is 0 Å². The maximum atomic E-state index is 12.2. The second-order valence-corrected chi connectivity index (χ2v) is 5.43. The van der Waals surface area contributed by atoms with Crippen molar-refractivity contribution in [1.29, 1.82) is 0 Å². The van der Waals surface area contributed by atoms with Gasteiger partial charge in [0.05, 0.1) is 6.04 Å². The number of amides is 1. The molecule has 0 heterocycles. The van der Waals surface area contributed by atoms with Gasteiger partial charge in [0.2, 0.25) is 5.91 Å². The molecule has 2 atom stereocenters. The smallest absolute Gasteiger partial charge is 0.239 e. The standard InChI is InChI=1S/C16H27N3O.ClH/c1-5-13(2)15(17)16(20)19(4)12-11-18(3)14-9-7-6-8-10-14;/h6-10,13,15H,5,11-12,17H2,1-4H3;1H. The molecular formula is C16H28ClN3O. The van der Waals surface area contributed by atoms with E-state index in [0.29, 0.717) is 6.54 Å². The minimum atomic E-state index is -0.396. The molecule has 0 spiro atoms. The van der Waals surface area contributed by atoms with Crippen LogP contribution in [0.2, 0.25) is 0 Å². The average Bonchev–Trinajstić information content (AvgIpc) is 2.50. The van der Waals surface area contributed by atoms with Crippen LogP contribution in [0, 0.1) is 5.92 Å². The molecule has 0 saturated heterocycles. The van der Waals surface area contributed by atoms with E-state index >= 15 is 0 Å². The van der Waals surface area contributed by atoms with E-state index in [1.165, 1.54) is 0 Å². The van der Waals surface area contributed by atoms with E-state index in [-0.39, 0.29) is 24.2 Å². The van der Waals surface area contributed by atoms with Crippen molar-refractivity contribution >= 4 is 24.0 Å². The minimum Gasteiger partial charge on any atom is -0.373 e. The van der Waals surface area contributed by atoms with Crippen LogP contribution in [0.1, 0.15) is 20.3 Å². The molecule has 0 aliphatic carbocycles. The van der Waals surface area contributed by atoms with Crippen LogP contribution in [0.25, 0.3) is 0 Å². The van der Waals surface area contributed by atoms with E-state index in [9.17, 15) is 4.79 Å². The Morgan fingerprint density at radius 3 is 2.29 bits per heavy atom. The largest absolute Gasteiger partial charge is 0.373 e. The number of nitrogens with two attached hydrogens (primary N) is 1. The lowest BCUT2D eigenvalue weighted by Gasteiger charge is -2.27. The van der Waals surface area contributed by atoms with E-state index in [2.05, 4.69) is 24.0 Å². The van der Waals surface area contributed by atoms with Gasteiger partial charge in [0, 0.05) is 32.9 Å². The Morgan fingerprint density at radius 2 is 1.76 bits per heavy atom. The molecule has 5 heteroatoms. The molecule has 2 N–H and O–H groups in total. The zero-order valence-electron chi connectivity index (χ0n) is 13.5. The molecule has 1 aromatic carbocycles. The molecule has 0 aliphatic heterocycles. The van der Waals surface area contributed by atoms with Crippen molar-refractivity contribution in [3.8, 4) is 0 Å². The fourth-order valence-corrected chi connectivity index (χ4v) is 1.97. The van der Waals surface area contributed by atoms with Gasteiger partial charge in [-0.1, -0.05) is 38.5 Å². The molecule has 1 rings (SSSR count). The molecule has 0 aromatic heterocycles. The average molecular weight is 314 g/mol. The van der Waals surface area contributed by atoms with Crippen molar-refractivity contribution < 1.29 is 4.79 Å². The zero-order chi connectivity index (χ0) is 15.1. The number of carbonyl (C=O) groups excluding carboxylic acids is 1. The first-order valence-electron chi connectivity index (χ1n) is 7.24. The van der Waals surface area contributed by atoms with Crippen LogP contribution >= 0.6 is 12.4 Å². The van der Waals surface area contributed by atoms with Crippen LogP contribution in [0.4, 0.5) is 5.69 Å². The summed E-state index contributed by atoms with van der Waals surface area (Å²) in [5.74, 6) is 0.248. The predicted molar refractivity (Wildman–Crippen MR) is 92.0 cm³/mol. The number of anilines is 1. The van der Waals surface area contributed by atoms with Crippen LogP contribution in [-0.2, 0) is 4.79 Å². The number of hydrogen-bond acceptors (Lipinski definition) is 3. The fourth-order valence-electron chi connectivity index (χ4n) is 1.97. The second kappa shape index (κ2) is 9.64. The Labute approximate surface area is 134 Å². The minimum absolute atomic E-state index is 0. The molecule has 1 amide bonds. The zero-order valence-corrected chi connectivity index (χ0v) is 14.3. The Balaban J connectivity index is 0.00000400. The Morgan fingerprint density at radius 1 is 1.19 bits per heavy atom. The van der Waals surface area contributed by atoms with Crippen LogP contribution < -0.4 is 10.6 Å². The number of carbonyl (C=O) groups is 1. The quantitative estimate of drug-likeness (QED) is 0.841. The van der Waals surface area contributed by atoms with Crippen LogP contribution in [0.15, 0.2) is 30.3 Å². The number of benzene rings is 1. The molecular weight excluding hydrogens is 286 g/mol. The third-order valence-corrected chi connectivity index (χ3v) is 3.89. The summed E-state index contributed by atoms with van der Waals surface area (Å²) >= 11 is 0. The highest BCUT2D eigenvalue weighted by Crippen LogP contribution is 2.11. The maximum Gasteiger partial charge on any atom is 0.239 e. The highest BCUT2D eigenvalue weighted by Gasteiger charge is 2.22. The van der Waals surface area contributed by atoms with Gasteiger partial charge in [0.25, 0.3) is 0 Å². The van der Waals surface area contributed by atoms with Crippen LogP contribution in [-0.4, -0.2) is 44.0 Å². The number of rotatable bonds is 7. The van der Waals surface area contributed by atoms with Gasteiger partial charge in [-0.05, 0) is 18.1 Å². The van der Waals surface area contributed by atoms with E-state index in [1.54, 1.807) is 4.90 Å². The summed E-state index contributed by atoms with van der Waals surface area (Å²) in [7, 11) is 3.85. The Kier molecular flexibility index (Phi) is 9.06. The van der Waals surface area contributed by atoms with Gasteiger partial charge < -0.3 is 15.5 Å². The Hall–Kier alpha value is -1.26. The summed E-state index contributed by atoms with van der Waals surface area (Å²) in [6, 6.07) is 9.75. The van der Waals surface area contributed by atoms with Gasteiger partial charge in [-0.3, -0.25) is 4.79 Å². The molecule has 2 unspecified atom stereocenters. The SMILES string of the molecule is CCC(C)C(N)C(=O)N(C)CCN(C)c1ccccc1.Cl. The number of nitrogens with zero attached hydrogens (tertiary/aromatic N) is 2. The van der Waals surface area contributed by atoms with Crippen molar-refractivity contribution in [3.63, 3.8) is 0 Å². The number of halogens is 1. The molecule has 0 aliphatic rings. The monoisotopic (exact) mass is 313 g/mol. The molecule has 0 saturated carbocycles. The normalized spacial score (nSPS) is 13.0. The first-order valence-corrected chi connectivity index (χ1v) is 7.24. The van der Waals surface area contributed by atoms with Crippen molar-refractivity contribution in [2.75, 3.05) is 32.1 Å². The Bertz CT molecular complexity index is 413. The van der Waals surface area contributed by atoms with Crippen molar-refractivity contribution in [2.24, 2.45) is 11.7 Å². The van der Waals surface area contributed by atoms with Gasteiger partial charge in [0.1, 0.15) is 0 Å². The predicted octanol–water partition coefficient (Wildman–Crippen LogP) is 2.38. The van der Waals surface area contributed by atoms with Gasteiger partial charge in [0.15, 0.2) is 0 Å². The van der Waals surface area contributed by atoms with Crippen LogP contribution in [0.3, 0.4) is 0 Å². The van der Waals surface area contributed by atoms with Gasteiger partial charge in [-0.2, -0.15) is 0 Å². The van der Waals surface area contributed by atoms with Gasteiger partial charge in [-0.15, -0.1) is 12.4 Å². The molecule has 0 bridgehead atoms. The molecule has 0 radical (unpaired) electrons. The van der Waals surface area contributed by atoms with Crippen molar-refractivity contribution in [2.45, 2.75) is 26.3 Å². The topological polar surface area (TPSA) is 49.6 Å². The molecule has 120 valence electrons. The van der Waals surface area contributed by atoms with Gasteiger partial charge in [-0.25, -0.2) is 0 Å². The number of likely N-dealkylation sites (N-methyl/N-ethyl adjacent to an activating group) is 2. The summed E-state index contributed by atoms with van der Waals surface area (Å²) in [6.45, 7) is 5.54. The summed E-state index contributed by atoms with van der Waals surface area (Å²) in [6.07, 6.45) is 0.921. The fraction of sp³-hybridized carbons (Fsp3) is 0.562. The van der Waals surface area contributed by atoms with Crippen molar-refractivity contribution in [3.05, 3.63) is 30.3 Å². The van der Waals surface area contributed by atoms with E-state index in [0.717, 1.165) is 18.7 Å². The summed E-state index contributed by atoms with van der Waals surface area (Å²) < 4.78 is 0. The molecule has 21 heavy (non-hydrogen) atoms. The molecule has 1 aromatic rings. The third kappa shape index (κ3) is 5.94. The molecule has 0 fully saturated rings. The van der Waals surface area contributed by atoms with E-state index in [4.69, 9.17) is 5.73 Å². The summed E-state index contributed by atoms with van der Waals surface area (Å²) in [5, 5.41) is 0. The lowest BCUT2D eigenvalue weighted by atomic mass is 9.99. The van der Waals surface area contributed by atoms with E-state index in [1.807, 2.05) is 39.2 Å². The van der Waals surface area contributed by atoms with E-state index < -0.39 is 6.04 Å². The van der Waals surface area contributed by atoms with Gasteiger partial charge >= 0.3 is 0 Å². The number of hydrogen-bond donors (Lipinski definition) is 1. The highest BCUT2D eigenvalue weighted by atomic mass is 35.5. The first-order chi connectivity index (χ1) is 9.47. The second-order valence-electron chi connectivity index (χ2n) is 5.43. The summed E-state index contributed by atoms with van der Waals surface area (Å²) in [5.41, 5.74) is 7.14. The summed E-state index contributed by atoms with van der Waals surface area (Å²) in [4.78, 5) is 16.0. The number of para-hydroxylation sites is 1. The molecule has 4 nitrogen and oxygen atoms in total. The van der Waals surface area contributed by atoms with Crippen molar-refractivity contribution in [1.82, 2.24) is 4.90 Å². The lowest BCUT2D eigenvalue weighted by Crippen LogP contribution is -2.47. The highest BCUT2D eigenvalue weighted by molar-refractivity contribution is 5.85. The first kappa shape index (κ1) is 19.7. The lowest BCUT2D eigenvalue weighted by molar-refractivity contribution is -0.132.